The van der Waals surface area contributed by atoms with Crippen molar-refractivity contribution in [3.8, 4) is 5.69 Å². The van der Waals surface area contributed by atoms with Crippen LogP contribution in [0.4, 0.5) is 0 Å². The summed E-state index contributed by atoms with van der Waals surface area (Å²) < 4.78 is 1.86. The van der Waals surface area contributed by atoms with Gasteiger partial charge in [0.1, 0.15) is 0 Å². The normalized spacial score (nSPS) is 12.4. The molecule has 0 aliphatic heterocycles. The van der Waals surface area contributed by atoms with Gasteiger partial charge in [0.25, 0.3) is 0 Å². The zero-order valence-electron chi connectivity index (χ0n) is 14.1. The molecule has 0 radical (unpaired) electrons. The monoisotopic (exact) mass is 328 g/mol. The maximum Gasteiger partial charge on any atom is 0.0706 e. The molecule has 0 saturated carbocycles. The van der Waals surface area contributed by atoms with Crippen molar-refractivity contribution in [1.82, 2.24) is 20.1 Å². The van der Waals surface area contributed by atoms with E-state index < -0.39 is 0 Å². The van der Waals surface area contributed by atoms with Crippen LogP contribution in [0.15, 0.2) is 79.1 Å². The molecule has 2 aromatic carbocycles. The number of aromatic nitrogens is 3. The standard InChI is InChI=1S/C21H20N4/c1-16(20-12-9-18-5-2-3-6-21(18)24-20)22-15-17-7-10-19(11-8-17)25-14-4-13-23-25/h2-14,16,22H,15H2,1H3/t16-/m0/s1. The minimum absolute atomic E-state index is 0.190. The quantitative estimate of drug-likeness (QED) is 0.595. The Hall–Kier alpha value is -2.98. The molecule has 0 amide bonds. The number of fused-ring (bicyclic) bond motifs is 1. The van der Waals surface area contributed by atoms with Gasteiger partial charge in [-0.15, -0.1) is 0 Å². The first-order chi connectivity index (χ1) is 12.3. The molecule has 1 N–H and O–H groups in total. The molecular weight excluding hydrogens is 308 g/mol. The lowest BCUT2D eigenvalue weighted by Gasteiger charge is -2.14. The van der Waals surface area contributed by atoms with Gasteiger partial charge in [0, 0.05) is 30.4 Å². The topological polar surface area (TPSA) is 42.7 Å². The fourth-order valence-electron chi connectivity index (χ4n) is 2.89. The largest absolute Gasteiger partial charge is 0.305 e. The molecular formula is C21H20N4. The maximum absolute atomic E-state index is 4.76. The van der Waals surface area contributed by atoms with Gasteiger partial charge in [-0.05, 0) is 42.8 Å². The molecule has 2 aromatic heterocycles. The van der Waals surface area contributed by atoms with Gasteiger partial charge in [-0.25, -0.2) is 4.68 Å². The molecule has 4 heteroatoms. The van der Waals surface area contributed by atoms with Crippen molar-refractivity contribution in [2.45, 2.75) is 19.5 Å². The van der Waals surface area contributed by atoms with Crippen LogP contribution < -0.4 is 5.32 Å². The second kappa shape index (κ2) is 6.87. The van der Waals surface area contributed by atoms with Gasteiger partial charge in [-0.1, -0.05) is 36.4 Å². The van der Waals surface area contributed by atoms with E-state index in [1.165, 1.54) is 10.9 Å². The fourth-order valence-corrected chi connectivity index (χ4v) is 2.89. The molecule has 0 aliphatic rings. The third-order valence-electron chi connectivity index (χ3n) is 4.38. The van der Waals surface area contributed by atoms with Crippen LogP contribution in [0.5, 0.6) is 0 Å². The molecule has 0 saturated heterocycles. The van der Waals surface area contributed by atoms with Crippen molar-refractivity contribution in [2.24, 2.45) is 0 Å². The van der Waals surface area contributed by atoms with E-state index in [4.69, 9.17) is 4.98 Å². The molecule has 4 nitrogen and oxygen atoms in total. The summed E-state index contributed by atoms with van der Waals surface area (Å²) in [5, 5.41) is 8.97. The Kier molecular flexibility index (Phi) is 4.27. The summed E-state index contributed by atoms with van der Waals surface area (Å²) in [6.07, 6.45) is 3.73. The number of nitrogens with zero attached hydrogens (tertiary/aromatic N) is 3. The van der Waals surface area contributed by atoms with E-state index in [0.29, 0.717) is 0 Å². The van der Waals surface area contributed by atoms with Crippen LogP contribution >= 0.6 is 0 Å². The average molecular weight is 328 g/mol. The minimum Gasteiger partial charge on any atom is -0.305 e. The van der Waals surface area contributed by atoms with E-state index in [9.17, 15) is 0 Å². The van der Waals surface area contributed by atoms with Gasteiger partial charge < -0.3 is 5.32 Å². The third-order valence-corrected chi connectivity index (χ3v) is 4.38. The van der Waals surface area contributed by atoms with Gasteiger partial charge >= 0.3 is 0 Å². The lowest BCUT2D eigenvalue weighted by atomic mass is 10.1. The molecule has 0 bridgehead atoms. The van der Waals surface area contributed by atoms with Crippen LogP contribution in [-0.2, 0) is 6.54 Å². The van der Waals surface area contributed by atoms with Crippen LogP contribution in [0.1, 0.15) is 24.2 Å². The summed E-state index contributed by atoms with van der Waals surface area (Å²) in [4.78, 5) is 4.76. The Morgan fingerprint density at radius 2 is 1.80 bits per heavy atom. The highest BCUT2D eigenvalue weighted by molar-refractivity contribution is 5.78. The Morgan fingerprint density at radius 3 is 2.60 bits per heavy atom. The molecule has 0 spiro atoms. The third kappa shape index (κ3) is 3.44. The average Bonchev–Trinajstić information content (AvgIpc) is 3.21. The predicted molar refractivity (Wildman–Crippen MR) is 101 cm³/mol. The molecule has 4 rings (SSSR count). The van der Waals surface area contributed by atoms with Gasteiger partial charge in [0.2, 0.25) is 0 Å². The van der Waals surface area contributed by atoms with E-state index in [-0.39, 0.29) is 6.04 Å². The maximum atomic E-state index is 4.76. The first-order valence-electron chi connectivity index (χ1n) is 8.48. The van der Waals surface area contributed by atoms with Crippen LogP contribution in [0, 0.1) is 0 Å². The van der Waals surface area contributed by atoms with Crippen LogP contribution in [0.3, 0.4) is 0 Å². The predicted octanol–water partition coefficient (Wildman–Crippen LogP) is 4.27. The fraction of sp³-hybridized carbons (Fsp3) is 0.143. The van der Waals surface area contributed by atoms with E-state index in [1.807, 2.05) is 29.1 Å². The van der Waals surface area contributed by atoms with Crippen molar-refractivity contribution in [1.29, 1.82) is 0 Å². The summed E-state index contributed by atoms with van der Waals surface area (Å²) in [6.45, 7) is 2.95. The highest BCUT2D eigenvalue weighted by atomic mass is 15.3. The van der Waals surface area contributed by atoms with E-state index in [2.05, 4.69) is 65.9 Å². The van der Waals surface area contributed by atoms with E-state index in [1.54, 1.807) is 6.20 Å². The second-order valence-electron chi connectivity index (χ2n) is 6.15. The Bertz CT molecular complexity index is 959. The molecule has 4 aromatic rings. The van der Waals surface area contributed by atoms with Crippen molar-refractivity contribution >= 4 is 10.9 Å². The van der Waals surface area contributed by atoms with Gasteiger partial charge in [-0.3, -0.25) is 4.98 Å². The van der Waals surface area contributed by atoms with Crippen molar-refractivity contribution < 1.29 is 0 Å². The molecule has 124 valence electrons. The molecule has 0 unspecified atom stereocenters. The zero-order valence-corrected chi connectivity index (χ0v) is 14.1. The Balaban J connectivity index is 1.43. The zero-order chi connectivity index (χ0) is 17.1. The molecule has 0 aliphatic carbocycles. The van der Waals surface area contributed by atoms with Crippen LogP contribution in [-0.4, -0.2) is 14.8 Å². The Morgan fingerprint density at radius 1 is 0.960 bits per heavy atom. The number of hydrogen-bond acceptors (Lipinski definition) is 3. The molecule has 0 fully saturated rings. The summed E-state index contributed by atoms with van der Waals surface area (Å²) >= 11 is 0. The SMILES string of the molecule is C[C@H](NCc1ccc(-n2cccn2)cc1)c1ccc2ccccc2n1. The lowest BCUT2D eigenvalue weighted by molar-refractivity contribution is 0.563. The molecule has 1 atom stereocenters. The van der Waals surface area contributed by atoms with E-state index in [0.717, 1.165) is 23.4 Å². The molecule has 25 heavy (non-hydrogen) atoms. The summed E-state index contributed by atoms with van der Waals surface area (Å²) in [5.41, 5.74) is 4.41. The smallest absolute Gasteiger partial charge is 0.0706 e. The van der Waals surface area contributed by atoms with Gasteiger partial charge in [0.15, 0.2) is 0 Å². The highest BCUT2D eigenvalue weighted by Crippen LogP contribution is 2.17. The van der Waals surface area contributed by atoms with Crippen LogP contribution in [0.2, 0.25) is 0 Å². The lowest BCUT2D eigenvalue weighted by Crippen LogP contribution is -2.19. The van der Waals surface area contributed by atoms with E-state index >= 15 is 0 Å². The first-order valence-corrected chi connectivity index (χ1v) is 8.48. The number of rotatable bonds is 5. The summed E-state index contributed by atoms with van der Waals surface area (Å²) in [5.74, 6) is 0. The Labute approximate surface area is 147 Å². The number of pyridine rings is 1. The van der Waals surface area contributed by atoms with Crippen molar-refractivity contribution in [2.75, 3.05) is 0 Å². The van der Waals surface area contributed by atoms with Gasteiger partial charge in [0.05, 0.1) is 16.9 Å². The second-order valence-corrected chi connectivity index (χ2v) is 6.15. The first kappa shape index (κ1) is 15.5. The molecule has 2 heterocycles. The summed E-state index contributed by atoms with van der Waals surface area (Å²) in [6, 6.07) is 23.0. The number of benzene rings is 2. The van der Waals surface area contributed by atoms with Crippen molar-refractivity contribution in [3.63, 3.8) is 0 Å². The highest BCUT2D eigenvalue weighted by Gasteiger charge is 2.07. The summed E-state index contributed by atoms with van der Waals surface area (Å²) in [7, 11) is 0. The minimum atomic E-state index is 0.190. The van der Waals surface area contributed by atoms with Crippen molar-refractivity contribution in [3.05, 3.63) is 90.4 Å². The van der Waals surface area contributed by atoms with Crippen LogP contribution in [0.25, 0.3) is 16.6 Å². The van der Waals surface area contributed by atoms with Gasteiger partial charge in [-0.2, -0.15) is 5.10 Å². The number of para-hydroxylation sites is 1. The number of hydrogen-bond donors (Lipinski definition) is 1. The number of nitrogens with one attached hydrogen (secondary N) is 1.